The molecule has 6 nitrogen and oxygen atoms in total. The van der Waals surface area contributed by atoms with Gasteiger partial charge in [0.2, 0.25) is 11.8 Å². The van der Waals surface area contributed by atoms with Crippen molar-refractivity contribution in [2.45, 2.75) is 19.8 Å². The molecule has 3 N–H and O–H groups in total. The molecule has 0 aromatic carbocycles. The van der Waals surface area contributed by atoms with Crippen LogP contribution >= 0.6 is 12.4 Å². The van der Waals surface area contributed by atoms with Crippen molar-refractivity contribution in [3.05, 3.63) is 0 Å². The van der Waals surface area contributed by atoms with Crippen molar-refractivity contribution in [1.29, 1.82) is 0 Å². The van der Waals surface area contributed by atoms with E-state index < -0.39 is 0 Å². The summed E-state index contributed by atoms with van der Waals surface area (Å²) in [4.78, 5) is 25.8. The van der Waals surface area contributed by atoms with Crippen LogP contribution in [0, 0.1) is 11.8 Å². The lowest BCUT2D eigenvalue weighted by molar-refractivity contribution is -0.140. The number of rotatable bonds is 6. The van der Waals surface area contributed by atoms with Crippen LogP contribution in [0.5, 0.6) is 0 Å². The fraction of sp³-hybridized carbons (Fsp3) is 0.846. The van der Waals surface area contributed by atoms with Crippen LogP contribution in [0.25, 0.3) is 0 Å². The zero-order valence-corrected chi connectivity index (χ0v) is 13.1. The van der Waals surface area contributed by atoms with Crippen molar-refractivity contribution < 1.29 is 14.3 Å². The van der Waals surface area contributed by atoms with Gasteiger partial charge < -0.3 is 20.7 Å². The van der Waals surface area contributed by atoms with E-state index in [0.717, 1.165) is 19.4 Å². The number of halogens is 1. The number of nitrogens with zero attached hydrogens (tertiary/aromatic N) is 1. The molecular formula is C13H26ClN3O3. The highest BCUT2D eigenvalue weighted by molar-refractivity contribution is 5.85. The third kappa shape index (κ3) is 5.64. The molecule has 7 heteroatoms. The fourth-order valence-corrected chi connectivity index (χ4v) is 2.36. The molecule has 1 aliphatic rings. The lowest BCUT2D eigenvalue weighted by Gasteiger charge is -2.33. The van der Waals surface area contributed by atoms with Crippen LogP contribution in [0.2, 0.25) is 0 Å². The summed E-state index contributed by atoms with van der Waals surface area (Å²) in [5.74, 6) is -0.199. The summed E-state index contributed by atoms with van der Waals surface area (Å²) in [6, 6.07) is 0. The largest absolute Gasteiger partial charge is 0.384 e. The molecule has 2 amide bonds. The van der Waals surface area contributed by atoms with Crippen molar-refractivity contribution in [1.82, 2.24) is 10.2 Å². The van der Waals surface area contributed by atoms with E-state index >= 15 is 0 Å². The van der Waals surface area contributed by atoms with Gasteiger partial charge in [0.05, 0.1) is 18.4 Å². The number of carbonyl (C=O) groups excluding carboxylic acids is 2. The van der Waals surface area contributed by atoms with Crippen LogP contribution in [-0.4, -0.2) is 56.6 Å². The Morgan fingerprint density at radius 2 is 2.20 bits per heavy atom. The molecule has 1 saturated heterocycles. The second-order valence-electron chi connectivity index (χ2n) is 5.06. The Balaban J connectivity index is 0.00000361. The number of nitrogens with two attached hydrogens (primary N) is 1. The average Bonchev–Trinajstić information content (AvgIpc) is 2.44. The maximum atomic E-state index is 12.2. The van der Waals surface area contributed by atoms with Crippen LogP contribution in [0.3, 0.4) is 0 Å². The molecule has 0 aromatic heterocycles. The minimum atomic E-state index is -0.157. The number of carbonyl (C=O) groups is 2. The smallest absolute Gasteiger partial charge is 0.227 e. The Kier molecular flexibility index (Phi) is 9.54. The lowest BCUT2D eigenvalue weighted by atomic mass is 9.96. The van der Waals surface area contributed by atoms with Gasteiger partial charge >= 0.3 is 0 Å². The first-order chi connectivity index (χ1) is 9.10. The quantitative estimate of drug-likeness (QED) is 0.723. The van der Waals surface area contributed by atoms with Gasteiger partial charge in [-0.3, -0.25) is 9.59 Å². The fourth-order valence-electron chi connectivity index (χ4n) is 2.36. The Labute approximate surface area is 126 Å². The van der Waals surface area contributed by atoms with Crippen LogP contribution in [0.1, 0.15) is 19.8 Å². The van der Waals surface area contributed by atoms with Crippen LogP contribution in [0.4, 0.5) is 0 Å². The average molecular weight is 308 g/mol. The number of hydrogen-bond acceptors (Lipinski definition) is 4. The normalized spacial score (nSPS) is 19.9. The molecule has 0 spiro atoms. The third-order valence-electron chi connectivity index (χ3n) is 3.39. The molecule has 0 saturated carbocycles. The number of likely N-dealkylation sites (tertiary alicyclic amines) is 1. The first-order valence-electron chi connectivity index (χ1n) is 6.85. The van der Waals surface area contributed by atoms with E-state index in [9.17, 15) is 9.59 Å². The monoisotopic (exact) mass is 307 g/mol. The standard InChI is InChI=1S/C13H25N3O3.ClH/c1-10(9-19-2)13(18)16-7-3-4-11(8-16)12(17)15-6-5-14;/h10-11H,3-9,14H2,1-2H3,(H,15,17);1H. The van der Waals surface area contributed by atoms with E-state index in [0.29, 0.717) is 26.2 Å². The zero-order chi connectivity index (χ0) is 14.3. The number of nitrogens with one attached hydrogen (secondary N) is 1. The molecule has 0 aliphatic carbocycles. The second kappa shape index (κ2) is 9.96. The lowest BCUT2D eigenvalue weighted by Crippen LogP contribution is -2.48. The Morgan fingerprint density at radius 1 is 1.50 bits per heavy atom. The van der Waals surface area contributed by atoms with Crippen molar-refractivity contribution in [2.24, 2.45) is 17.6 Å². The molecule has 0 bridgehead atoms. The first kappa shape index (κ1) is 19.1. The molecule has 1 aliphatic heterocycles. The number of hydrogen-bond donors (Lipinski definition) is 2. The highest BCUT2D eigenvalue weighted by Gasteiger charge is 2.30. The van der Waals surface area contributed by atoms with E-state index in [2.05, 4.69) is 5.32 Å². The van der Waals surface area contributed by atoms with Crippen molar-refractivity contribution in [3.8, 4) is 0 Å². The molecule has 118 valence electrons. The summed E-state index contributed by atoms with van der Waals surface area (Å²) in [6.45, 7) is 4.43. The SMILES string of the molecule is COCC(C)C(=O)N1CCCC(C(=O)NCCN)C1.Cl. The predicted octanol–water partition coefficient (Wildman–Crippen LogP) is 0.00420. The Bertz CT molecular complexity index is 315. The molecule has 1 heterocycles. The van der Waals surface area contributed by atoms with Gasteiger partial charge in [-0.15, -0.1) is 12.4 Å². The van der Waals surface area contributed by atoms with Crippen LogP contribution < -0.4 is 11.1 Å². The van der Waals surface area contributed by atoms with Gasteiger partial charge in [0.1, 0.15) is 0 Å². The molecule has 0 radical (unpaired) electrons. The third-order valence-corrected chi connectivity index (χ3v) is 3.39. The molecular weight excluding hydrogens is 282 g/mol. The molecule has 2 unspecified atom stereocenters. The molecule has 0 aromatic rings. The highest BCUT2D eigenvalue weighted by Crippen LogP contribution is 2.18. The van der Waals surface area contributed by atoms with E-state index in [1.807, 2.05) is 6.92 Å². The van der Waals surface area contributed by atoms with Gasteiger partial charge in [0.25, 0.3) is 0 Å². The van der Waals surface area contributed by atoms with Crippen LogP contribution in [-0.2, 0) is 14.3 Å². The highest BCUT2D eigenvalue weighted by atomic mass is 35.5. The zero-order valence-electron chi connectivity index (χ0n) is 12.3. The number of ether oxygens (including phenoxy) is 1. The van der Waals surface area contributed by atoms with Gasteiger partial charge in [0.15, 0.2) is 0 Å². The number of methoxy groups -OCH3 is 1. The maximum absolute atomic E-state index is 12.2. The van der Waals surface area contributed by atoms with Crippen LogP contribution in [0.15, 0.2) is 0 Å². The summed E-state index contributed by atoms with van der Waals surface area (Å²) in [6.07, 6.45) is 1.70. The van der Waals surface area contributed by atoms with E-state index in [4.69, 9.17) is 10.5 Å². The summed E-state index contributed by atoms with van der Waals surface area (Å²) in [5, 5.41) is 2.79. The van der Waals surface area contributed by atoms with Gasteiger partial charge in [-0.1, -0.05) is 6.92 Å². The van der Waals surface area contributed by atoms with Crippen molar-refractivity contribution >= 4 is 24.2 Å². The summed E-state index contributed by atoms with van der Waals surface area (Å²) >= 11 is 0. The van der Waals surface area contributed by atoms with Crippen molar-refractivity contribution in [2.75, 3.05) is 39.9 Å². The van der Waals surface area contributed by atoms with E-state index in [1.165, 1.54) is 0 Å². The van der Waals surface area contributed by atoms with Gasteiger partial charge in [0, 0.05) is 33.3 Å². The Morgan fingerprint density at radius 3 is 2.80 bits per heavy atom. The van der Waals surface area contributed by atoms with E-state index in [-0.39, 0.29) is 36.1 Å². The summed E-state index contributed by atoms with van der Waals surface area (Å²) in [7, 11) is 1.59. The maximum Gasteiger partial charge on any atom is 0.227 e. The first-order valence-corrected chi connectivity index (χ1v) is 6.85. The molecule has 20 heavy (non-hydrogen) atoms. The van der Waals surface area contributed by atoms with Gasteiger partial charge in [-0.25, -0.2) is 0 Å². The minimum Gasteiger partial charge on any atom is -0.384 e. The van der Waals surface area contributed by atoms with E-state index in [1.54, 1.807) is 12.0 Å². The Hall–Kier alpha value is -0.850. The predicted molar refractivity (Wildman–Crippen MR) is 79.7 cm³/mol. The minimum absolute atomic E-state index is 0. The summed E-state index contributed by atoms with van der Waals surface area (Å²) in [5.41, 5.74) is 5.36. The number of amides is 2. The van der Waals surface area contributed by atoms with Crippen molar-refractivity contribution in [3.63, 3.8) is 0 Å². The number of piperidine rings is 1. The molecule has 1 rings (SSSR count). The topological polar surface area (TPSA) is 84.7 Å². The van der Waals surface area contributed by atoms with Gasteiger partial charge in [-0.2, -0.15) is 0 Å². The second-order valence-corrected chi connectivity index (χ2v) is 5.06. The van der Waals surface area contributed by atoms with Gasteiger partial charge in [-0.05, 0) is 12.8 Å². The molecule has 1 fully saturated rings. The summed E-state index contributed by atoms with van der Waals surface area (Å²) < 4.78 is 5.00. The molecule has 2 atom stereocenters.